The molecule has 3 aromatic rings. The van der Waals surface area contributed by atoms with Gasteiger partial charge in [0.15, 0.2) is 0 Å². The lowest BCUT2D eigenvalue weighted by Gasteiger charge is -2.35. The molecule has 0 bridgehead atoms. The number of hydrogen-bond acceptors (Lipinski definition) is 6. The van der Waals surface area contributed by atoms with Gasteiger partial charge in [-0.05, 0) is 75.2 Å². The van der Waals surface area contributed by atoms with Crippen LogP contribution in [-0.2, 0) is 11.3 Å². The lowest BCUT2D eigenvalue weighted by molar-refractivity contribution is 0.0139. The molecule has 0 radical (unpaired) electrons. The summed E-state index contributed by atoms with van der Waals surface area (Å²) in [6, 6.07) is 17.0. The van der Waals surface area contributed by atoms with E-state index in [0.29, 0.717) is 24.5 Å². The molecule has 4 rings (SSSR count). The standard InChI is InChI=1S/C32H36N4O4/c1-23-20-24(6-7-25-14-15-33-29(21-25)39-5)10-13-28(23)34-30(37)27-11-8-26(9-12-27)22-35-16-18-36(19-17-35)31(38)40-32(2,3)4/h8-15,20-21H,16-19,22H2,1-5H3,(H,34,37). The number of benzene rings is 2. The minimum absolute atomic E-state index is 0.164. The van der Waals surface area contributed by atoms with Crippen LogP contribution in [0.25, 0.3) is 0 Å². The van der Waals surface area contributed by atoms with Crippen molar-refractivity contribution in [2.45, 2.75) is 39.8 Å². The number of methoxy groups -OCH3 is 1. The van der Waals surface area contributed by atoms with Crippen molar-refractivity contribution in [3.8, 4) is 17.7 Å². The topological polar surface area (TPSA) is 84.0 Å². The van der Waals surface area contributed by atoms with Crippen LogP contribution in [0.5, 0.6) is 5.88 Å². The first kappa shape index (κ1) is 28.7. The van der Waals surface area contributed by atoms with Gasteiger partial charge in [-0.2, -0.15) is 0 Å². The summed E-state index contributed by atoms with van der Waals surface area (Å²) >= 11 is 0. The summed E-state index contributed by atoms with van der Waals surface area (Å²) in [7, 11) is 1.57. The van der Waals surface area contributed by atoms with Crippen molar-refractivity contribution in [2.24, 2.45) is 0 Å². The first-order valence-corrected chi connectivity index (χ1v) is 13.3. The van der Waals surface area contributed by atoms with Crippen LogP contribution in [0.1, 0.15) is 53.4 Å². The number of carbonyl (C=O) groups is 2. The average Bonchev–Trinajstić information content (AvgIpc) is 2.93. The highest BCUT2D eigenvalue weighted by atomic mass is 16.6. The van der Waals surface area contributed by atoms with Crippen LogP contribution in [0.4, 0.5) is 10.5 Å². The fourth-order valence-electron chi connectivity index (χ4n) is 4.25. The molecule has 1 fully saturated rings. The maximum Gasteiger partial charge on any atom is 0.410 e. The normalized spacial score (nSPS) is 13.7. The molecule has 0 unspecified atom stereocenters. The number of nitrogens with zero attached hydrogens (tertiary/aromatic N) is 3. The molecule has 2 heterocycles. The van der Waals surface area contributed by atoms with Crippen molar-refractivity contribution < 1.29 is 19.1 Å². The van der Waals surface area contributed by atoms with Gasteiger partial charge < -0.3 is 19.7 Å². The third-order valence-electron chi connectivity index (χ3n) is 6.42. The molecular weight excluding hydrogens is 504 g/mol. The summed E-state index contributed by atoms with van der Waals surface area (Å²) in [5.41, 5.74) is 4.55. The predicted octanol–water partition coefficient (Wildman–Crippen LogP) is 5.10. The number of anilines is 1. The van der Waals surface area contributed by atoms with E-state index in [4.69, 9.17) is 9.47 Å². The molecule has 0 atom stereocenters. The first-order valence-electron chi connectivity index (χ1n) is 13.3. The Balaban J connectivity index is 1.29. The zero-order valence-corrected chi connectivity index (χ0v) is 23.8. The highest BCUT2D eigenvalue weighted by molar-refractivity contribution is 6.04. The average molecular weight is 541 g/mol. The number of nitrogens with one attached hydrogen (secondary N) is 1. The maximum absolute atomic E-state index is 12.9. The van der Waals surface area contributed by atoms with Crippen LogP contribution >= 0.6 is 0 Å². The number of ether oxygens (including phenoxy) is 2. The van der Waals surface area contributed by atoms with E-state index in [2.05, 4.69) is 27.0 Å². The molecular formula is C32H36N4O4. The summed E-state index contributed by atoms with van der Waals surface area (Å²) in [5.74, 6) is 6.62. The second kappa shape index (κ2) is 12.7. The second-order valence-corrected chi connectivity index (χ2v) is 10.8. The van der Waals surface area contributed by atoms with Gasteiger partial charge in [0.05, 0.1) is 7.11 Å². The maximum atomic E-state index is 12.9. The van der Waals surface area contributed by atoms with Crippen molar-refractivity contribution in [3.05, 3.63) is 88.6 Å². The summed E-state index contributed by atoms with van der Waals surface area (Å²) in [4.78, 5) is 33.3. The molecule has 8 nitrogen and oxygen atoms in total. The van der Waals surface area contributed by atoms with E-state index in [1.54, 1.807) is 24.3 Å². The number of rotatable bonds is 5. The second-order valence-electron chi connectivity index (χ2n) is 10.8. The molecule has 0 aliphatic carbocycles. The van der Waals surface area contributed by atoms with E-state index >= 15 is 0 Å². The SMILES string of the molecule is COc1cc(C#Cc2ccc(NC(=O)c3ccc(CN4CCN(C(=O)OC(C)(C)C)CC4)cc3)c(C)c2)ccn1. The number of aromatic nitrogens is 1. The number of piperazine rings is 1. The smallest absolute Gasteiger partial charge is 0.410 e. The van der Waals surface area contributed by atoms with Crippen LogP contribution in [-0.4, -0.2) is 65.7 Å². The van der Waals surface area contributed by atoms with Gasteiger partial charge in [0.25, 0.3) is 5.91 Å². The van der Waals surface area contributed by atoms with Crippen molar-refractivity contribution in [1.82, 2.24) is 14.8 Å². The van der Waals surface area contributed by atoms with E-state index in [-0.39, 0.29) is 12.0 Å². The zero-order valence-electron chi connectivity index (χ0n) is 23.8. The number of amides is 2. The Hall–Kier alpha value is -4.35. The highest BCUT2D eigenvalue weighted by Gasteiger charge is 2.25. The molecule has 0 saturated carbocycles. The van der Waals surface area contributed by atoms with Crippen molar-refractivity contribution in [1.29, 1.82) is 0 Å². The minimum Gasteiger partial charge on any atom is -0.481 e. The van der Waals surface area contributed by atoms with Crippen molar-refractivity contribution in [2.75, 3.05) is 38.6 Å². The van der Waals surface area contributed by atoms with E-state index < -0.39 is 5.60 Å². The zero-order chi connectivity index (χ0) is 28.7. The lowest BCUT2D eigenvalue weighted by Crippen LogP contribution is -2.49. The van der Waals surface area contributed by atoms with Crippen LogP contribution in [0.3, 0.4) is 0 Å². The minimum atomic E-state index is -0.491. The Morgan fingerprint density at radius 2 is 1.62 bits per heavy atom. The molecule has 0 spiro atoms. The fraction of sp³-hybridized carbons (Fsp3) is 0.344. The Labute approximate surface area is 236 Å². The van der Waals surface area contributed by atoms with Crippen LogP contribution < -0.4 is 10.1 Å². The molecule has 1 aromatic heterocycles. The van der Waals surface area contributed by atoms with E-state index in [9.17, 15) is 9.59 Å². The van der Waals surface area contributed by atoms with Crippen molar-refractivity contribution in [3.63, 3.8) is 0 Å². The summed E-state index contributed by atoms with van der Waals surface area (Å²) in [6.07, 6.45) is 1.40. The van der Waals surface area contributed by atoms with E-state index in [1.165, 1.54) is 0 Å². The predicted molar refractivity (Wildman–Crippen MR) is 155 cm³/mol. The quantitative estimate of drug-likeness (QED) is 0.453. The number of carbonyl (C=O) groups excluding carboxylic acids is 2. The van der Waals surface area contributed by atoms with Gasteiger partial charge in [-0.25, -0.2) is 9.78 Å². The Kier molecular flexibility index (Phi) is 9.08. The molecule has 40 heavy (non-hydrogen) atoms. The molecule has 8 heteroatoms. The van der Waals surface area contributed by atoms with Gasteiger partial charge in [0, 0.05) is 67.4 Å². The van der Waals surface area contributed by atoms with Gasteiger partial charge in [0.2, 0.25) is 5.88 Å². The molecule has 208 valence electrons. The molecule has 1 aliphatic rings. The van der Waals surface area contributed by atoms with E-state index in [1.807, 2.05) is 76.2 Å². The monoisotopic (exact) mass is 540 g/mol. The molecule has 1 saturated heterocycles. The first-order chi connectivity index (χ1) is 19.1. The summed E-state index contributed by atoms with van der Waals surface area (Å²) in [6.45, 7) is 11.2. The van der Waals surface area contributed by atoms with Gasteiger partial charge >= 0.3 is 6.09 Å². The molecule has 1 N–H and O–H groups in total. The highest BCUT2D eigenvalue weighted by Crippen LogP contribution is 2.19. The van der Waals surface area contributed by atoms with E-state index in [0.717, 1.165) is 47.6 Å². The number of aryl methyl sites for hydroxylation is 1. The van der Waals surface area contributed by atoms with Gasteiger partial charge in [0.1, 0.15) is 5.60 Å². The number of pyridine rings is 1. The van der Waals surface area contributed by atoms with Crippen LogP contribution in [0.2, 0.25) is 0 Å². The third-order valence-corrected chi connectivity index (χ3v) is 6.42. The lowest BCUT2D eigenvalue weighted by atomic mass is 10.1. The third kappa shape index (κ3) is 8.08. The Morgan fingerprint density at radius 3 is 2.25 bits per heavy atom. The Morgan fingerprint density at radius 1 is 0.950 bits per heavy atom. The summed E-state index contributed by atoms with van der Waals surface area (Å²) < 4.78 is 10.6. The Bertz CT molecular complexity index is 1410. The van der Waals surface area contributed by atoms with Gasteiger partial charge in [-0.1, -0.05) is 24.0 Å². The van der Waals surface area contributed by atoms with Crippen LogP contribution in [0, 0.1) is 18.8 Å². The van der Waals surface area contributed by atoms with Gasteiger partial charge in [-0.15, -0.1) is 0 Å². The largest absolute Gasteiger partial charge is 0.481 e. The number of hydrogen-bond donors (Lipinski definition) is 1. The van der Waals surface area contributed by atoms with Crippen LogP contribution in [0.15, 0.2) is 60.8 Å². The fourth-order valence-corrected chi connectivity index (χ4v) is 4.25. The molecule has 2 amide bonds. The summed E-state index contributed by atoms with van der Waals surface area (Å²) in [5, 5.41) is 3.00. The van der Waals surface area contributed by atoms with Crippen molar-refractivity contribution >= 4 is 17.7 Å². The molecule has 1 aliphatic heterocycles. The molecule has 2 aromatic carbocycles. The van der Waals surface area contributed by atoms with Gasteiger partial charge in [-0.3, -0.25) is 9.69 Å².